The maximum atomic E-state index is 11.4. The van der Waals surface area contributed by atoms with E-state index < -0.39 is 0 Å². The van der Waals surface area contributed by atoms with Gasteiger partial charge in [0.1, 0.15) is 0 Å². The molecule has 0 bridgehead atoms. The molecule has 1 unspecified atom stereocenters. The van der Waals surface area contributed by atoms with Crippen LogP contribution >= 0.6 is 0 Å². The fraction of sp³-hybridized carbons (Fsp3) is 0.636. The Morgan fingerprint density at radius 3 is 3.00 bits per heavy atom. The van der Waals surface area contributed by atoms with Crippen molar-refractivity contribution in [1.82, 2.24) is 9.97 Å². The molecule has 0 spiro atoms. The molecule has 1 aromatic heterocycles. The van der Waals surface area contributed by atoms with Crippen LogP contribution in [0.15, 0.2) is 11.1 Å². The van der Waals surface area contributed by atoms with Crippen molar-refractivity contribution in [2.45, 2.75) is 19.8 Å². The van der Waals surface area contributed by atoms with E-state index in [0.717, 1.165) is 12.8 Å². The van der Waals surface area contributed by atoms with Crippen LogP contribution in [0.1, 0.15) is 19.8 Å². The van der Waals surface area contributed by atoms with Crippen molar-refractivity contribution in [3.8, 4) is 5.75 Å². The summed E-state index contributed by atoms with van der Waals surface area (Å²) in [5.74, 6) is 0.977. The van der Waals surface area contributed by atoms with Crippen molar-refractivity contribution in [3.63, 3.8) is 0 Å². The standard InChI is InChI=1S/C11H19N3O3/c1-3-8(4-5-15)6-12-10-9(17-2)11(16)14-7-13-10/h7-8,15H,3-6H2,1-2H3,(H2,12,13,14,16). The Morgan fingerprint density at radius 1 is 1.65 bits per heavy atom. The van der Waals surface area contributed by atoms with Crippen molar-refractivity contribution in [2.24, 2.45) is 5.92 Å². The van der Waals surface area contributed by atoms with Crippen LogP contribution < -0.4 is 15.6 Å². The Kier molecular flexibility index (Phi) is 5.48. The van der Waals surface area contributed by atoms with Gasteiger partial charge in [-0.25, -0.2) is 4.98 Å². The highest BCUT2D eigenvalue weighted by Gasteiger charge is 2.11. The van der Waals surface area contributed by atoms with Gasteiger partial charge >= 0.3 is 0 Å². The first-order valence-electron chi connectivity index (χ1n) is 5.69. The minimum Gasteiger partial charge on any atom is -0.489 e. The Morgan fingerprint density at radius 2 is 2.41 bits per heavy atom. The van der Waals surface area contributed by atoms with E-state index >= 15 is 0 Å². The van der Waals surface area contributed by atoms with Crippen molar-refractivity contribution < 1.29 is 9.84 Å². The van der Waals surface area contributed by atoms with Crippen molar-refractivity contribution >= 4 is 5.82 Å². The first-order chi connectivity index (χ1) is 8.22. The molecule has 96 valence electrons. The van der Waals surface area contributed by atoms with E-state index in [2.05, 4.69) is 22.2 Å². The predicted octanol–water partition coefficient (Wildman–Crippen LogP) is 0.599. The largest absolute Gasteiger partial charge is 0.489 e. The zero-order valence-corrected chi connectivity index (χ0v) is 10.2. The molecule has 0 aliphatic carbocycles. The van der Waals surface area contributed by atoms with Crippen molar-refractivity contribution in [1.29, 1.82) is 0 Å². The van der Waals surface area contributed by atoms with Crippen LogP contribution in [0.25, 0.3) is 0 Å². The number of aromatic nitrogens is 2. The zero-order chi connectivity index (χ0) is 12.7. The second-order valence-electron chi connectivity index (χ2n) is 3.78. The Hall–Kier alpha value is -1.56. The Bertz CT molecular complexity index is 392. The maximum Gasteiger partial charge on any atom is 0.295 e. The SMILES string of the molecule is CCC(CCO)CNc1nc[nH]c(=O)c1OC. The lowest BCUT2D eigenvalue weighted by molar-refractivity contribution is 0.258. The van der Waals surface area contributed by atoms with Crippen LogP contribution in [0.2, 0.25) is 0 Å². The summed E-state index contributed by atoms with van der Waals surface area (Å²) in [7, 11) is 1.43. The van der Waals surface area contributed by atoms with E-state index in [-0.39, 0.29) is 17.9 Å². The highest BCUT2D eigenvalue weighted by molar-refractivity contribution is 5.47. The topological polar surface area (TPSA) is 87.2 Å². The summed E-state index contributed by atoms with van der Waals surface area (Å²) >= 11 is 0. The number of aliphatic hydroxyl groups is 1. The van der Waals surface area contributed by atoms with Gasteiger partial charge in [-0.2, -0.15) is 0 Å². The van der Waals surface area contributed by atoms with E-state index in [0.29, 0.717) is 18.3 Å². The molecule has 0 radical (unpaired) electrons. The summed E-state index contributed by atoms with van der Waals surface area (Å²) in [6, 6.07) is 0. The number of ether oxygens (including phenoxy) is 1. The summed E-state index contributed by atoms with van der Waals surface area (Å²) in [6.45, 7) is 2.88. The number of aromatic amines is 1. The number of H-pyrrole nitrogens is 1. The third-order valence-corrected chi connectivity index (χ3v) is 2.69. The molecule has 1 aromatic rings. The monoisotopic (exact) mass is 241 g/mol. The van der Waals surface area contributed by atoms with Gasteiger partial charge < -0.3 is 20.1 Å². The van der Waals surface area contributed by atoms with Gasteiger partial charge in [-0.05, 0) is 12.3 Å². The van der Waals surface area contributed by atoms with Gasteiger partial charge in [0.2, 0.25) is 5.75 Å². The molecule has 1 atom stereocenters. The molecular formula is C11H19N3O3. The number of nitrogens with zero attached hydrogens (tertiary/aromatic N) is 1. The van der Waals surface area contributed by atoms with Gasteiger partial charge in [-0.15, -0.1) is 0 Å². The molecule has 17 heavy (non-hydrogen) atoms. The van der Waals surface area contributed by atoms with Crippen molar-refractivity contribution in [2.75, 3.05) is 25.6 Å². The van der Waals surface area contributed by atoms with Crippen molar-refractivity contribution in [3.05, 3.63) is 16.7 Å². The first kappa shape index (κ1) is 13.5. The second-order valence-corrected chi connectivity index (χ2v) is 3.78. The van der Waals surface area contributed by atoms with Crippen LogP contribution in [0.3, 0.4) is 0 Å². The molecule has 0 aromatic carbocycles. The van der Waals surface area contributed by atoms with Gasteiger partial charge in [0, 0.05) is 13.2 Å². The number of methoxy groups -OCH3 is 1. The Labute approximate surface area is 100 Å². The highest BCUT2D eigenvalue weighted by Crippen LogP contribution is 2.16. The van der Waals surface area contributed by atoms with Crippen LogP contribution in [-0.2, 0) is 0 Å². The maximum absolute atomic E-state index is 11.4. The van der Waals surface area contributed by atoms with Gasteiger partial charge in [0.15, 0.2) is 5.82 Å². The average molecular weight is 241 g/mol. The molecule has 1 rings (SSSR count). The highest BCUT2D eigenvalue weighted by atomic mass is 16.5. The van der Waals surface area contributed by atoms with E-state index in [1.165, 1.54) is 13.4 Å². The molecule has 6 nitrogen and oxygen atoms in total. The van der Waals surface area contributed by atoms with Gasteiger partial charge in [-0.1, -0.05) is 13.3 Å². The zero-order valence-electron chi connectivity index (χ0n) is 10.2. The minimum absolute atomic E-state index is 0.167. The summed E-state index contributed by atoms with van der Waals surface area (Å²) in [6.07, 6.45) is 3.02. The summed E-state index contributed by atoms with van der Waals surface area (Å²) in [5, 5.41) is 12.0. The number of nitrogens with one attached hydrogen (secondary N) is 2. The average Bonchev–Trinajstić information content (AvgIpc) is 2.34. The molecule has 1 heterocycles. The number of hydrogen-bond donors (Lipinski definition) is 3. The molecule has 0 aliphatic heterocycles. The normalized spacial score (nSPS) is 12.2. The molecule has 0 fully saturated rings. The van der Waals surface area contributed by atoms with E-state index in [1.807, 2.05) is 0 Å². The van der Waals surface area contributed by atoms with E-state index in [4.69, 9.17) is 9.84 Å². The number of rotatable bonds is 7. The molecule has 0 amide bonds. The lowest BCUT2D eigenvalue weighted by Gasteiger charge is -2.15. The molecule has 0 saturated carbocycles. The molecule has 3 N–H and O–H groups in total. The molecule has 0 aliphatic rings. The fourth-order valence-electron chi connectivity index (χ4n) is 1.58. The van der Waals surface area contributed by atoms with Crippen LogP contribution in [0.5, 0.6) is 5.75 Å². The van der Waals surface area contributed by atoms with E-state index in [9.17, 15) is 4.79 Å². The van der Waals surface area contributed by atoms with Crippen LogP contribution in [-0.4, -0.2) is 35.3 Å². The second kappa shape index (κ2) is 6.90. The van der Waals surface area contributed by atoms with Crippen LogP contribution in [0, 0.1) is 5.92 Å². The quantitative estimate of drug-likeness (QED) is 0.650. The van der Waals surface area contributed by atoms with Gasteiger partial charge in [-0.3, -0.25) is 4.79 Å². The predicted molar refractivity (Wildman–Crippen MR) is 65.4 cm³/mol. The summed E-state index contributed by atoms with van der Waals surface area (Å²) < 4.78 is 4.98. The summed E-state index contributed by atoms with van der Waals surface area (Å²) in [5.41, 5.74) is -0.305. The lowest BCUT2D eigenvalue weighted by atomic mass is 10.0. The Balaban J connectivity index is 2.68. The summed E-state index contributed by atoms with van der Waals surface area (Å²) in [4.78, 5) is 17.9. The number of hydrogen-bond acceptors (Lipinski definition) is 5. The third kappa shape index (κ3) is 3.74. The molecular weight excluding hydrogens is 222 g/mol. The molecule has 6 heteroatoms. The van der Waals surface area contributed by atoms with Gasteiger partial charge in [0.25, 0.3) is 5.56 Å². The minimum atomic E-state index is -0.305. The smallest absolute Gasteiger partial charge is 0.295 e. The number of anilines is 1. The fourth-order valence-corrected chi connectivity index (χ4v) is 1.58. The third-order valence-electron chi connectivity index (χ3n) is 2.69. The van der Waals surface area contributed by atoms with Crippen LogP contribution in [0.4, 0.5) is 5.82 Å². The van der Waals surface area contributed by atoms with E-state index in [1.54, 1.807) is 0 Å². The molecule has 0 saturated heterocycles. The number of aliphatic hydroxyl groups excluding tert-OH is 1. The van der Waals surface area contributed by atoms with Gasteiger partial charge in [0.05, 0.1) is 13.4 Å². The lowest BCUT2D eigenvalue weighted by Crippen LogP contribution is -2.19. The first-order valence-corrected chi connectivity index (χ1v) is 5.69.